The van der Waals surface area contributed by atoms with Crippen molar-refractivity contribution in [2.24, 2.45) is 0 Å². The van der Waals surface area contributed by atoms with Crippen LogP contribution in [-0.2, 0) is 0 Å². The van der Waals surface area contributed by atoms with Gasteiger partial charge in [-0.05, 0) is 59.6 Å². The van der Waals surface area contributed by atoms with E-state index in [9.17, 15) is 0 Å². The Morgan fingerprint density at radius 3 is 2.60 bits per heavy atom. The van der Waals surface area contributed by atoms with Gasteiger partial charge in [-0.3, -0.25) is 4.90 Å². The highest BCUT2D eigenvalue weighted by molar-refractivity contribution is 5.09. The van der Waals surface area contributed by atoms with Gasteiger partial charge >= 0.3 is 0 Å². The summed E-state index contributed by atoms with van der Waals surface area (Å²) in [7, 11) is 6.19. The lowest BCUT2D eigenvalue weighted by Gasteiger charge is -2.22. The van der Waals surface area contributed by atoms with Crippen molar-refractivity contribution in [1.29, 1.82) is 0 Å². The molecule has 1 atom stereocenters. The van der Waals surface area contributed by atoms with Gasteiger partial charge < -0.3 is 9.73 Å². The van der Waals surface area contributed by atoms with Gasteiger partial charge in [-0.25, -0.2) is 0 Å². The monoisotopic (exact) mass is 210 g/mol. The average molecular weight is 210 g/mol. The zero-order valence-corrected chi connectivity index (χ0v) is 10.2. The molecule has 1 aromatic rings. The van der Waals surface area contributed by atoms with Crippen LogP contribution in [0, 0.1) is 6.92 Å². The molecule has 0 aliphatic carbocycles. The number of hydrogen-bond acceptors (Lipinski definition) is 3. The first-order chi connectivity index (χ1) is 7.15. The molecule has 0 amide bonds. The van der Waals surface area contributed by atoms with Crippen LogP contribution < -0.4 is 5.32 Å². The van der Waals surface area contributed by atoms with Crippen LogP contribution in [0.2, 0.25) is 0 Å². The Morgan fingerprint density at radius 2 is 2.13 bits per heavy atom. The van der Waals surface area contributed by atoms with Crippen LogP contribution in [-0.4, -0.2) is 32.6 Å². The molecule has 0 fully saturated rings. The third-order valence-corrected chi connectivity index (χ3v) is 2.62. The summed E-state index contributed by atoms with van der Waals surface area (Å²) in [6.07, 6.45) is 2.29. The molecule has 1 rings (SSSR count). The number of nitrogens with zero attached hydrogens (tertiary/aromatic N) is 1. The molecule has 3 nitrogen and oxygen atoms in total. The van der Waals surface area contributed by atoms with Crippen molar-refractivity contribution in [2.45, 2.75) is 25.8 Å². The second kappa shape index (κ2) is 5.93. The van der Waals surface area contributed by atoms with Gasteiger partial charge in [0.15, 0.2) is 0 Å². The molecule has 0 spiro atoms. The highest BCUT2D eigenvalue weighted by Crippen LogP contribution is 2.24. The van der Waals surface area contributed by atoms with Gasteiger partial charge in [0.05, 0.1) is 6.04 Å². The zero-order chi connectivity index (χ0) is 11.3. The van der Waals surface area contributed by atoms with E-state index in [2.05, 4.69) is 30.4 Å². The minimum Gasteiger partial charge on any atom is -0.465 e. The second-order valence-corrected chi connectivity index (χ2v) is 4.17. The van der Waals surface area contributed by atoms with E-state index < -0.39 is 0 Å². The minimum absolute atomic E-state index is 0.395. The standard InChI is InChI=1S/C12H22N2O/c1-10-7-8-12(15-10)11(14(3)4)6-5-9-13-2/h7-8,11,13H,5-6,9H2,1-4H3. The number of aryl methyl sites for hydroxylation is 1. The summed E-state index contributed by atoms with van der Waals surface area (Å²) in [5.74, 6) is 2.07. The van der Waals surface area contributed by atoms with Gasteiger partial charge in [0.25, 0.3) is 0 Å². The van der Waals surface area contributed by atoms with E-state index >= 15 is 0 Å². The van der Waals surface area contributed by atoms with E-state index in [-0.39, 0.29) is 0 Å². The van der Waals surface area contributed by atoms with Crippen molar-refractivity contribution in [3.63, 3.8) is 0 Å². The van der Waals surface area contributed by atoms with E-state index in [1.807, 2.05) is 20.0 Å². The highest BCUT2D eigenvalue weighted by atomic mass is 16.3. The third-order valence-electron chi connectivity index (χ3n) is 2.62. The lowest BCUT2D eigenvalue weighted by Crippen LogP contribution is -2.21. The van der Waals surface area contributed by atoms with Crippen LogP contribution in [0.4, 0.5) is 0 Å². The van der Waals surface area contributed by atoms with Gasteiger partial charge in [-0.15, -0.1) is 0 Å². The van der Waals surface area contributed by atoms with E-state index in [1.54, 1.807) is 0 Å². The topological polar surface area (TPSA) is 28.4 Å². The maximum absolute atomic E-state index is 5.68. The zero-order valence-electron chi connectivity index (χ0n) is 10.2. The van der Waals surface area contributed by atoms with Crippen molar-refractivity contribution in [3.8, 4) is 0 Å². The summed E-state index contributed by atoms with van der Waals surface area (Å²) in [4.78, 5) is 2.22. The molecule has 3 heteroatoms. The summed E-state index contributed by atoms with van der Waals surface area (Å²) in [6, 6.07) is 4.51. The van der Waals surface area contributed by atoms with Gasteiger partial charge in [0.2, 0.25) is 0 Å². The van der Waals surface area contributed by atoms with Gasteiger partial charge in [-0.2, -0.15) is 0 Å². The first kappa shape index (κ1) is 12.3. The van der Waals surface area contributed by atoms with Crippen LogP contribution >= 0.6 is 0 Å². The molecule has 0 radical (unpaired) electrons. The summed E-state index contributed by atoms with van der Waals surface area (Å²) in [6.45, 7) is 3.05. The predicted molar refractivity (Wildman–Crippen MR) is 63.0 cm³/mol. The average Bonchev–Trinajstić information content (AvgIpc) is 2.59. The summed E-state index contributed by atoms with van der Waals surface area (Å²) >= 11 is 0. The molecule has 0 bridgehead atoms. The molecule has 1 N–H and O–H groups in total. The lowest BCUT2D eigenvalue weighted by molar-refractivity contribution is 0.239. The van der Waals surface area contributed by atoms with Crippen molar-refractivity contribution in [1.82, 2.24) is 10.2 Å². The van der Waals surface area contributed by atoms with Gasteiger partial charge in [-0.1, -0.05) is 0 Å². The SMILES string of the molecule is CNCCCC(c1ccc(C)o1)N(C)C. The molecule has 0 aromatic carbocycles. The highest BCUT2D eigenvalue weighted by Gasteiger charge is 2.16. The largest absolute Gasteiger partial charge is 0.465 e. The number of hydrogen-bond donors (Lipinski definition) is 1. The van der Waals surface area contributed by atoms with Crippen molar-refractivity contribution >= 4 is 0 Å². The number of rotatable bonds is 6. The van der Waals surface area contributed by atoms with Crippen LogP contribution in [0.1, 0.15) is 30.4 Å². The smallest absolute Gasteiger partial charge is 0.121 e. The van der Waals surface area contributed by atoms with E-state index in [0.717, 1.165) is 24.5 Å². The molecule has 1 unspecified atom stereocenters. The molecule has 0 saturated heterocycles. The predicted octanol–water partition coefficient (Wildman–Crippen LogP) is 2.19. The van der Waals surface area contributed by atoms with Crippen molar-refractivity contribution in [3.05, 3.63) is 23.7 Å². The molecular formula is C12H22N2O. The molecule has 1 heterocycles. The summed E-state index contributed by atoms with van der Waals surface area (Å²) in [5.41, 5.74) is 0. The first-order valence-corrected chi connectivity index (χ1v) is 5.52. The Balaban J connectivity index is 2.58. The second-order valence-electron chi connectivity index (χ2n) is 4.17. The fourth-order valence-corrected chi connectivity index (χ4v) is 1.76. The maximum atomic E-state index is 5.68. The van der Waals surface area contributed by atoms with Crippen molar-refractivity contribution in [2.75, 3.05) is 27.7 Å². The summed E-state index contributed by atoms with van der Waals surface area (Å²) < 4.78 is 5.68. The molecule has 0 aliphatic heterocycles. The minimum atomic E-state index is 0.395. The van der Waals surface area contributed by atoms with Crippen LogP contribution in [0.15, 0.2) is 16.5 Å². The maximum Gasteiger partial charge on any atom is 0.121 e. The quantitative estimate of drug-likeness (QED) is 0.730. The fourth-order valence-electron chi connectivity index (χ4n) is 1.76. The van der Waals surface area contributed by atoms with Crippen molar-refractivity contribution < 1.29 is 4.42 Å². The normalized spacial score (nSPS) is 13.4. The van der Waals surface area contributed by atoms with Crippen LogP contribution in [0.3, 0.4) is 0 Å². The fraction of sp³-hybridized carbons (Fsp3) is 0.667. The van der Waals surface area contributed by atoms with Crippen LogP contribution in [0.5, 0.6) is 0 Å². The Bertz CT molecular complexity index is 281. The van der Waals surface area contributed by atoms with E-state index in [4.69, 9.17) is 4.42 Å². The Kier molecular flexibility index (Phi) is 4.85. The van der Waals surface area contributed by atoms with Crippen LogP contribution in [0.25, 0.3) is 0 Å². The molecular weight excluding hydrogens is 188 g/mol. The number of nitrogens with one attached hydrogen (secondary N) is 1. The number of furan rings is 1. The Hall–Kier alpha value is -0.800. The van der Waals surface area contributed by atoms with E-state index in [0.29, 0.717) is 6.04 Å². The van der Waals surface area contributed by atoms with Gasteiger partial charge in [0.1, 0.15) is 11.5 Å². The molecule has 15 heavy (non-hydrogen) atoms. The first-order valence-electron chi connectivity index (χ1n) is 5.52. The summed E-state index contributed by atoms with van der Waals surface area (Å²) in [5, 5.41) is 3.17. The van der Waals surface area contributed by atoms with E-state index in [1.165, 1.54) is 6.42 Å². The Labute approximate surface area is 92.5 Å². The molecule has 1 aromatic heterocycles. The third kappa shape index (κ3) is 3.68. The molecule has 0 aliphatic rings. The molecule has 86 valence electrons. The Morgan fingerprint density at radius 1 is 1.40 bits per heavy atom. The van der Waals surface area contributed by atoms with Gasteiger partial charge in [0, 0.05) is 0 Å². The lowest BCUT2D eigenvalue weighted by atomic mass is 10.1. The molecule has 0 saturated carbocycles.